The Labute approximate surface area is 100 Å². The fraction of sp³-hybridized carbons (Fsp3) is 0.818. The Balaban J connectivity index is 2.82. The summed E-state index contributed by atoms with van der Waals surface area (Å²) < 4.78 is 10.3. The fourth-order valence-corrected chi connectivity index (χ4v) is 1.87. The highest BCUT2D eigenvalue weighted by Gasteiger charge is 2.44. The number of carbonyl (C=O) groups excluding carboxylic acids is 1. The Kier molecular flexibility index (Phi) is 3.98. The highest BCUT2D eigenvalue weighted by molar-refractivity contribution is 5.82. The summed E-state index contributed by atoms with van der Waals surface area (Å²) in [4.78, 5) is 24.0. The summed E-state index contributed by atoms with van der Waals surface area (Å²) in [5.41, 5.74) is -0.637. The van der Waals surface area contributed by atoms with Gasteiger partial charge in [-0.3, -0.25) is 4.90 Å². The topological polar surface area (TPSA) is 76.1 Å². The van der Waals surface area contributed by atoms with Gasteiger partial charge in [0.25, 0.3) is 0 Å². The quantitative estimate of drug-likeness (QED) is 0.737. The van der Waals surface area contributed by atoms with Gasteiger partial charge in [-0.15, -0.1) is 0 Å². The van der Waals surface area contributed by atoms with Crippen molar-refractivity contribution in [3.8, 4) is 0 Å². The molecule has 1 fully saturated rings. The monoisotopic (exact) mass is 245 g/mol. The molecule has 1 N–H and O–H groups in total. The molecule has 1 saturated heterocycles. The van der Waals surface area contributed by atoms with Gasteiger partial charge in [-0.25, -0.2) is 9.59 Å². The van der Waals surface area contributed by atoms with Gasteiger partial charge >= 0.3 is 12.1 Å². The molecule has 0 aromatic heterocycles. The number of hydrogen-bond acceptors (Lipinski definition) is 4. The van der Waals surface area contributed by atoms with Crippen LogP contribution in [0.3, 0.4) is 0 Å². The second-order valence-electron chi connectivity index (χ2n) is 5.02. The molecule has 1 aliphatic heterocycles. The minimum atomic E-state index is -1.12. The highest BCUT2D eigenvalue weighted by atomic mass is 16.6. The van der Waals surface area contributed by atoms with E-state index in [0.29, 0.717) is 6.42 Å². The minimum absolute atomic E-state index is 0.289. The molecule has 2 atom stereocenters. The van der Waals surface area contributed by atoms with Crippen molar-refractivity contribution >= 4 is 12.1 Å². The summed E-state index contributed by atoms with van der Waals surface area (Å²) >= 11 is 0. The zero-order chi connectivity index (χ0) is 13.2. The molecule has 0 aliphatic carbocycles. The first-order valence-corrected chi connectivity index (χ1v) is 5.51. The average Bonchev–Trinajstić information content (AvgIpc) is 2.57. The molecule has 1 heterocycles. The van der Waals surface area contributed by atoms with Gasteiger partial charge in [-0.1, -0.05) is 0 Å². The van der Waals surface area contributed by atoms with Crippen molar-refractivity contribution in [3.05, 3.63) is 0 Å². The lowest BCUT2D eigenvalue weighted by atomic mass is 10.1. The summed E-state index contributed by atoms with van der Waals surface area (Å²) in [6.07, 6.45) is -1.05. The average molecular weight is 245 g/mol. The van der Waals surface area contributed by atoms with Crippen LogP contribution in [0.15, 0.2) is 0 Å². The van der Waals surface area contributed by atoms with Crippen LogP contribution < -0.4 is 0 Å². The molecule has 17 heavy (non-hydrogen) atoms. The molecule has 0 spiro atoms. The van der Waals surface area contributed by atoms with E-state index in [1.54, 1.807) is 20.8 Å². The maximum Gasteiger partial charge on any atom is 0.408 e. The molecule has 98 valence electrons. The fourth-order valence-electron chi connectivity index (χ4n) is 1.87. The van der Waals surface area contributed by atoms with E-state index in [4.69, 9.17) is 14.6 Å². The van der Waals surface area contributed by atoms with Crippen molar-refractivity contribution in [1.82, 2.24) is 4.90 Å². The summed E-state index contributed by atoms with van der Waals surface area (Å²) in [7, 11) is 1.47. The smallest absolute Gasteiger partial charge is 0.408 e. The van der Waals surface area contributed by atoms with Crippen molar-refractivity contribution in [2.75, 3.05) is 13.7 Å². The molecule has 0 bridgehead atoms. The number of amides is 1. The third-order valence-corrected chi connectivity index (χ3v) is 2.54. The maximum atomic E-state index is 11.9. The van der Waals surface area contributed by atoms with Crippen molar-refractivity contribution in [3.63, 3.8) is 0 Å². The number of hydrogen-bond donors (Lipinski definition) is 1. The second kappa shape index (κ2) is 4.91. The number of esters is 1. The second-order valence-corrected chi connectivity index (χ2v) is 5.02. The Hall–Kier alpha value is -1.30. The van der Waals surface area contributed by atoms with Crippen LogP contribution in [-0.2, 0) is 14.3 Å². The summed E-state index contributed by atoms with van der Waals surface area (Å²) in [5, 5.41) is 9.01. The molecule has 1 unspecified atom stereocenters. The van der Waals surface area contributed by atoms with Crippen LogP contribution in [0.5, 0.6) is 0 Å². The first kappa shape index (κ1) is 13.8. The Bertz CT molecular complexity index is 309. The lowest BCUT2D eigenvalue weighted by Gasteiger charge is -2.27. The highest BCUT2D eigenvalue weighted by Crippen LogP contribution is 2.23. The number of nitrogens with zero attached hydrogens (tertiary/aromatic N) is 1. The van der Waals surface area contributed by atoms with Gasteiger partial charge in [-0.2, -0.15) is 0 Å². The maximum absolute atomic E-state index is 11.9. The number of likely N-dealkylation sites (tertiary alicyclic amines) is 1. The van der Waals surface area contributed by atoms with Gasteiger partial charge in [0.15, 0.2) is 6.04 Å². The van der Waals surface area contributed by atoms with Gasteiger partial charge in [0.2, 0.25) is 0 Å². The first-order valence-electron chi connectivity index (χ1n) is 5.51. The van der Waals surface area contributed by atoms with Crippen molar-refractivity contribution in [1.29, 1.82) is 0 Å². The van der Waals surface area contributed by atoms with Crippen LogP contribution in [0.2, 0.25) is 0 Å². The van der Waals surface area contributed by atoms with E-state index >= 15 is 0 Å². The summed E-state index contributed by atoms with van der Waals surface area (Å²) in [6, 6.07) is -0.864. The zero-order valence-corrected chi connectivity index (χ0v) is 10.6. The molecule has 6 heteroatoms. The van der Waals surface area contributed by atoms with Crippen LogP contribution in [0.1, 0.15) is 27.2 Å². The van der Waals surface area contributed by atoms with Crippen molar-refractivity contribution in [2.45, 2.75) is 44.9 Å². The van der Waals surface area contributed by atoms with Gasteiger partial charge in [0.1, 0.15) is 5.60 Å². The van der Waals surface area contributed by atoms with Crippen LogP contribution in [0, 0.1) is 0 Å². The van der Waals surface area contributed by atoms with E-state index in [9.17, 15) is 9.59 Å². The van der Waals surface area contributed by atoms with E-state index in [1.807, 2.05) is 0 Å². The SMILES string of the molecule is COC1CCN(C(=O)O)[C@H]1C(=O)OC(C)(C)C. The first-order chi connectivity index (χ1) is 7.76. The zero-order valence-electron chi connectivity index (χ0n) is 10.6. The number of rotatable bonds is 2. The molecule has 1 aliphatic rings. The predicted molar refractivity (Wildman–Crippen MR) is 59.8 cm³/mol. The molecular weight excluding hydrogens is 226 g/mol. The van der Waals surface area contributed by atoms with Gasteiger partial charge in [-0.05, 0) is 27.2 Å². The van der Waals surface area contributed by atoms with E-state index in [1.165, 1.54) is 7.11 Å². The number of methoxy groups -OCH3 is 1. The standard InChI is InChI=1S/C11H19NO5/c1-11(2,3)17-9(13)8-7(16-4)5-6-12(8)10(14)15/h7-8H,5-6H2,1-4H3,(H,14,15)/t7?,8-/m1/s1. The van der Waals surface area contributed by atoms with Crippen LogP contribution in [0.25, 0.3) is 0 Å². The molecule has 1 amide bonds. The molecule has 0 saturated carbocycles. The van der Waals surface area contributed by atoms with Crippen molar-refractivity contribution < 1.29 is 24.2 Å². The molecule has 0 aromatic carbocycles. The minimum Gasteiger partial charge on any atom is -0.465 e. The third-order valence-electron chi connectivity index (χ3n) is 2.54. The van der Waals surface area contributed by atoms with Gasteiger partial charge in [0.05, 0.1) is 6.10 Å². The van der Waals surface area contributed by atoms with E-state index in [0.717, 1.165) is 4.90 Å². The van der Waals surface area contributed by atoms with Crippen molar-refractivity contribution in [2.24, 2.45) is 0 Å². The summed E-state index contributed by atoms with van der Waals surface area (Å²) in [5.74, 6) is -0.552. The molecule has 6 nitrogen and oxygen atoms in total. The van der Waals surface area contributed by atoms with E-state index in [-0.39, 0.29) is 6.54 Å². The third kappa shape index (κ3) is 3.33. The van der Waals surface area contributed by atoms with Crippen LogP contribution in [0.4, 0.5) is 4.79 Å². The van der Waals surface area contributed by atoms with E-state index < -0.39 is 29.8 Å². The Morgan fingerprint density at radius 1 is 1.35 bits per heavy atom. The molecule has 1 rings (SSSR count). The lowest BCUT2D eigenvalue weighted by Crippen LogP contribution is -2.47. The molecular formula is C11H19NO5. The Morgan fingerprint density at radius 2 is 1.94 bits per heavy atom. The van der Waals surface area contributed by atoms with E-state index in [2.05, 4.69) is 0 Å². The number of ether oxygens (including phenoxy) is 2. The molecule has 0 radical (unpaired) electrons. The number of carboxylic acid groups (broad SMARTS) is 1. The Morgan fingerprint density at radius 3 is 2.35 bits per heavy atom. The van der Waals surface area contributed by atoms with Crippen LogP contribution >= 0.6 is 0 Å². The lowest BCUT2D eigenvalue weighted by molar-refractivity contribution is -0.163. The normalized spacial score (nSPS) is 24.8. The largest absolute Gasteiger partial charge is 0.465 e. The van der Waals surface area contributed by atoms with Gasteiger partial charge in [0, 0.05) is 13.7 Å². The summed E-state index contributed by atoms with van der Waals surface area (Å²) in [6.45, 7) is 5.52. The molecule has 0 aromatic rings. The van der Waals surface area contributed by atoms with Crippen LogP contribution in [-0.4, -0.2) is 53.5 Å². The predicted octanol–water partition coefficient (Wildman–Crippen LogP) is 1.10. The number of carbonyl (C=O) groups is 2. The van der Waals surface area contributed by atoms with Gasteiger partial charge < -0.3 is 14.6 Å².